The number of carbonyl (C=O) groups is 1. The van der Waals surface area contributed by atoms with Gasteiger partial charge < -0.3 is 24.6 Å². The van der Waals surface area contributed by atoms with Gasteiger partial charge in [0, 0.05) is 44.4 Å². The van der Waals surface area contributed by atoms with E-state index in [1.807, 2.05) is 6.92 Å². The lowest BCUT2D eigenvalue weighted by atomic mass is 9.91. The molecule has 2 saturated heterocycles. The lowest BCUT2D eigenvalue weighted by molar-refractivity contribution is 0.00594. The number of fused-ring (bicyclic) bond motifs is 2. The Labute approximate surface area is 189 Å². The largest absolute Gasteiger partial charge is 0.477 e. The number of carboxylic acids is 1. The first kappa shape index (κ1) is 22.9. The minimum Gasteiger partial charge on any atom is -0.477 e. The summed E-state index contributed by atoms with van der Waals surface area (Å²) in [5.41, 5.74) is -2.02. The molecule has 2 atom stereocenters. The molecule has 0 bridgehead atoms. The van der Waals surface area contributed by atoms with E-state index < -0.39 is 34.2 Å². The van der Waals surface area contributed by atoms with E-state index in [4.69, 9.17) is 4.74 Å². The predicted molar refractivity (Wildman–Crippen MR) is 118 cm³/mol. The third kappa shape index (κ3) is 3.47. The Kier molecular flexibility index (Phi) is 5.94. The van der Waals surface area contributed by atoms with Gasteiger partial charge in [0.05, 0.1) is 10.9 Å². The highest BCUT2D eigenvalue weighted by Gasteiger charge is 2.51. The molecule has 2 aromatic rings. The van der Waals surface area contributed by atoms with Crippen molar-refractivity contribution in [3.8, 4) is 0 Å². The van der Waals surface area contributed by atoms with Crippen LogP contribution in [0.15, 0.2) is 17.1 Å². The third-order valence-electron chi connectivity index (χ3n) is 6.84. The first-order chi connectivity index (χ1) is 14.9. The van der Waals surface area contributed by atoms with Crippen LogP contribution in [0.4, 0.5) is 14.5 Å². The first-order valence-corrected chi connectivity index (χ1v) is 10.8. The van der Waals surface area contributed by atoms with Gasteiger partial charge in [-0.1, -0.05) is 6.92 Å². The van der Waals surface area contributed by atoms with Crippen LogP contribution in [0, 0.1) is 17.6 Å². The van der Waals surface area contributed by atoms with Crippen LogP contribution in [0.25, 0.3) is 10.9 Å². The van der Waals surface area contributed by atoms with Crippen molar-refractivity contribution in [3.63, 3.8) is 0 Å². The summed E-state index contributed by atoms with van der Waals surface area (Å²) in [7, 11) is 0. The van der Waals surface area contributed by atoms with E-state index in [1.165, 1.54) is 10.8 Å². The standard InChI is InChI=1S/C22H25F2N3O4.ClH/c1-2-25-10-22-11-26(8-12(22)5-6-31-22)19-16(23)7-14-18(17(19)24)27(13-3-4-13)9-15(20(14)28)21(29)30;/h7,9,12-13,25H,2-6,8,10-11H2,1H3,(H,29,30);1H. The molecule has 0 amide bonds. The fourth-order valence-corrected chi connectivity index (χ4v) is 5.14. The number of benzene rings is 1. The summed E-state index contributed by atoms with van der Waals surface area (Å²) in [5, 5.41) is 12.4. The van der Waals surface area contributed by atoms with Gasteiger partial charge in [-0.3, -0.25) is 4.79 Å². The van der Waals surface area contributed by atoms with Gasteiger partial charge in [0.25, 0.3) is 0 Å². The number of rotatable bonds is 6. The van der Waals surface area contributed by atoms with Crippen LogP contribution < -0.4 is 15.6 Å². The number of nitrogens with one attached hydrogen (secondary N) is 1. The molecule has 32 heavy (non-hydrogen) atoms. The summed E-state index contributed by atoms with van der Waals surface area (Å²) in [6, 6.07) is 0.906. The maximum Gasteiger partial charge on any atom is 0.341 e. The molecule has 3 aliphatic rings. The molecule has 7 nitrogen and oxygen atoms in total. The number of halogens is 3. The smallest absolute Gasteiger partial charge is 0.341 e. The van der Waals surface area contributed by atoms with Gasteiger partial charge in [-0.2, -0.15) is 0 Å². The van der Waals surface area contributed by atoms with Gasteiger partial charge in [0.2, 0.25) is 5.43 Å². The number of aromatic carboxylic acids is 1. The van der Waals surface area contributed by atoms with Crippen LogP contribution in [0.2, 0.25) is 0 Å². The first-order valence-electron chi connectivity index (χ1n) is 10.8. The number of anilines is 1. The van der Waals surface area contributed by atoms with Crippen molar-refractivity contribution in [2.75, 3.05) is 37.7 Å². The predicted octanol–water partition coefficient (Wildman–Crippen LogP) is 2.94. The molecule has 1 saturated carbocycles. The molecule has 0 spiro atoms. The fraction of sp³-hybridized carbons (Fsp3) is 0.545. The van der Waals surface area contributed by atoms with E-state index in [-0.39, 0.29) is 41.0 Å². The van der Waals surface area contributed by atoms with Crippen molar-refractivity contribution in [2.24, 2.45) is 5.92 Å². The topological polar surface area (TPSA) is 83.8 Å². The number of ether oxygens (including phenoxy) is 1. The quantitative estimate of drug-likeness (QED) is 0.677. The van der Waals surface area contributed by atoms with Gasteiger partial charge >= 0.3 is 5.97 Å². The van der Waals surface area contributed by atoms with Gasteiger partial charge in [-0.25, -0.2) is 13.6 Å². The summed E-state index contributed by atoms with van der Waals surface area (Å²) < 4.78 is 38.6. The summed E-state index contributed by atoms with van der Waals surface area (Å²) in [6.07, 6.45) is 3.54. The number of aromatic nitrogens is 1. The molecule has 2 unspecified atom stereocenters. The molecule has 5 rings (SSSR count). The van der Waals surface area contributed by atoms with E-state index in [1.54, 1.807) is 4.90 Å². The Morgan fingerprint density at radius 1 is 1.34 bits per heavy atom. The molecule has 10 heteroatoms. The zero-order valence-electron chi connectivity index (χ0n) is 17.7. The number of likely N-dealkylation sites (N-methyl/N-ethyl adjacent to an activating group) is 1. The fourth-order valence-electron chi connectivity index (χ4n) is 5.14. The maximum absolute atomic E-state index is 15.9. The van der Waals surface area contributed by atoms with Crippen LogP contribution >= 0.6 is 12.4 Å². The molecular weight excluding hydrogens is 444 g/mol. The summed E-state index contributed by atoms with van der Waals surface area (Å²) in [6.45, 7) is 4.83. The Bertz CT molecular complexity index is 1140. The number of nitrogens with zero attached hydrogens (tertiary/aromatic N) is 2. The molecule has 0 radical (unpaired) electrons. The van der Waals surface area contributed by atoms with E-state index in [9.17, 15) is 14.7 Å². The van der Waals surface area contributed by atoms with Crippen LogP contribution in [0.1, 0.15) is 42.6 Å². The van der Waals surface area contributed by atoms with Crippen molar-refractivity contribution in [3.05, 3.63) is 39.7 Å². The lowest BCUT2D eigenvalue weighted by Crippen LogP contribution is -2.46. The monoisotopic (exact) mass is 469 g/mol. The number of carboxylic acid groups (broad SMARTS) is 1. The summed E-state index contributed by atoms with van der Waals surface area (Å²) >= 11 is 0. The summed E-state index contributed by atoms with van der Waals surface area (Å²) in [5.74, 6) is -2.91. The van der Waals surface area contributed by atoms with Crippen molar-refractivity contribution in [2.45, 2.75) is 37.8 Å². The van der Waals surface area contributed by atoms with Crippen molar-refractivity contribution >= 4 is 35.0 Å². The molecule has 3 heterocycles. The van der Waals surface area contributed by atoms with E-state index >= 15 is 8.78 Å². The van der Waals surface area contributed by atoms with Crippen LogP contribution in [-0.4, -0.2) is 54.0 Å². The molecule has 1 aliphatic carbocycles. The third-order valence-corrected chi connectivity index (χ3v) is 6.84. The minimum absolute atomic E-state index is 0. The molecule has 174 valence electrons. The molecular formula is C22H26ClF2N3O4. The lowest BCUT2D eigenvalue weighted by Gasteiger charge is -2.29. The second kappa shape index (κ2) is 8.28. The Hall–Kier alpha value is -2.23. The Morgan fingerprint density at radius 2 is 2.09 bits per heavy atom. The number of pyridine rings is 1. The van der Waals surface area contributed by atoms with Crippen LogP contribution in [0.3, 0.4) is 0 Å². The van der Waals surface area contributed by atoms with Crippen molar-refractivity contribution in [1.29, 1.82) is 0 Å². The number of hydrogen-bond donors (Lipinski definition) is 2. The molecule has 3 fully saturated rings. The highest BCUT2D eigenvalue weighted by Crippen LogP contribution is 2.44. The SMILES string of the molecule is CCNCC12CN(c3c(F)cc4c(=O)c(C(=O)O)cn(C5CC5)c4c3F)CC1CCO2.Cl. The molecule has 2 aliphatic heterocycles. The molecule has 1 aromatic heterocycles. The van der Waals surface area contributed by atoms with Gasteiger partial charge in [-0.15, -0.1) is 12.4 Å². The zero-order valence-corrected chi connectivity index (χ0v) is 18.5. The second-order valence-corrected chi connectivity index (χ2v) is 8.79. The average molecular weight is 470 g/mol. The van der Waals surface area contributed by atoms with Crippen molar-refractivity contribution in [1.82, 2.24) is 9.88 Å². The van der Waals surface area contributed by atoms with E-state index in [0.29, 0.717) is 26.2 Å². The average Bonchev–Trinajstić information content (AvgIpc) is 3.40. The van der Waals surface area contributed by atoms with Gasteiger partial charge in [0.1, 0.15) is 22.7 Å². The Balaban J connectivity index is 0.00000245. The zero-order chi connectivity index (χ0) is 21.9. The van der Waals surface area contributed by atoms with E-state index in [0.717, 1.165) is 31.9 Å². The van der Waals surface area contributed by atoms with E-state index in [2.05, 4.69) is 5.32 Å². The van der Waals surface area contributed by atoms with Gasteiger partial charge in [-0.05, 0) is 31.9 Å². The highest BCUT2D eigenvalue weighted by molar-refractivity contribution is 5.94. The normalized spacial score (nSPS) is 24.6. The van der Waals surface area contributed by atoms with Crippen LogP contribution in [0.5, 0.6) is 0 Å². The maximum atomic E-state index is 15.9. The minimum atomic E-state index is -1.40. The number of hydrogen-bond acceptors (Lipinski definition) is 5. The van der Waals surface area contributed by atoms with Crippen LogP contribution in [-0.2, 0) is 4.74 Å². The Morgan fingerprint density at radius 3 is 2.75 bits per heavy atom. The molecule has 2 N–H and O–H groups in total. The second-order valence-electron chi connectivity index (χ2n) is 8.79. The summed E-state index contributed by atoms with van der Waals surface area (Å²) in [4.78, 5) is 25.9. The van der Waals surface area contributed by atoms with Gasteiger partial charge in [0.15, 0.2) is 5.82 Å². The highest BCUT2D eigenvalue weighted by atomic mass is 35.5. The molecule has 1 aromatic carbocycles. The van der Waals surface area contributed by atoms with Crippen molar-refractivity contribution < 1.29 is 23.4 Å².